The van der Waals surface area contributed by atoms with Gasteiger partial charge in [-0.1, -0.05) is 73.1 Å². The third-order valence-electron chi connectivity index (χ3n) is 6.26. The Balaban J connectivity index is 2.05. The van der Waals surface area contributed by atoms with Crippen LogP contribution in [0.1, 0.15) is 32.8 Å². The molecule has 8 nitrogen and oxygen atoms in total. The van der Waals surface area contributed by atoms with Crippen LogP contribution >= 0.6 is 15.9 Å². The number of halogens is 1. The van der Waals surface area contributed by atoms with E-state index in [0.29, 0.717) is 28.9 Å². The molecule has 0 aliphatic carbocycles. The molecule has 0 fully saturated rings. The number of rotatable bonds is 13. The lowest BCUT2D eigenvalue weighted by Crippen LogP contribution is -2.52. The Labute approximate surface area is 245 Å². The Hall–Kier alpha value is -3.37. The third-order valence-corrected chi connectivity index (χ3v) is 8.55. The van der Waals surface area contributed by atoms with Gasteiger partial charge in [-0.3, -0.25) is 13.9 Å². The molecule has 0 unspecified atom stereocenters. The quantitative estimate of drug-likeness (QED) is 0.279. The first-order valence-corrected chi connectivity index (χ1v) is 15.3. The van der Waals surface area contributed by atoms with E-state index in [1.165, 1.54) is 17.0 Å². The molecule has 2 amide bonds. The van der Waals surface area contributed by atoms with Gasteiger partial charge in [0.05, 0.1) is 17.7 Å². The SMILES string of the molecule is CC[C@@H](C(=O)NCC(C)C)N(Cc1cccc(OC)c1)C(=O)CN(c1cccc(Br)c1)S(=O)(=O)c1ccccc1. The number of anilines is 1. The van der Waals surface area contributed by atoms with Gasteiger partial charge in [-0.2, -0.15) is 0 Å². The van der Waals surface area contributed by atoms with Crippen LogP contribution in [-0.2, 0) is 26.2 Å². The highest BCUT2D eigenvalue weighted by Crippen LogP contribution is 2.27. The average Bonchev–Trinajstić information content (AvgIpc) is 2.95. The van der Waals surface area contributed by atoms with Crippen molar-refractivity contribution < 1.29 is 22.7 Å². The molecule has 1 N–H and O–H groups in total. The van der Waals surface area contributed by atoms with Crippen LogP contribution in [0.2, 0.25) is 0 Å². The van der Waals surface area contributed by atoms with Crippen LogP contribution in [0.4, 0.5) is 5.69 Å². The van der Waals surface area contributed by atoms with Gasteiger partial charge in [-0.15, -0.1) is 0 Å². The number of sulfonamides is 1. The minimum Gasteiger partial charge on any atom is -0.497 e. The van der Waals surface area contributed by atoms with Crippen LogP contribution in [0.3, 0.4) is 0 Å². The number of carbonyl (C=O) groups excluding carboxylic acids is 2. The maximum atomic E-state index is 14.1. The number of nitrogens with zero attached hydrogens (tertiary/aromatic N) is 2. The number of ether oxygens (including phenoxy) is 1. The summed E-state index contributed by atoms with van der Waals surface area (Å²) in [6, 6.07) is 21.2. The fraction of sp³-hybridized carbons (Fsp3) is 0.333. The fourth-order valence-corrected chi connectivity index (χ4v) is 6.00. The Morgan fingerprint density at radius 1 is 0.975 bits per heavy atom. The molecular formula is C30H36BrN3O5S. The summed E-state index contributed by atoms with van der Waals surface area (Å²) in [6.07, 6.45) is 0.349. The van der Waals surface area contributed by atoms with Gasteiger partial charge < -0.3 is 15.0 Å². The first-order valence-electron chi connectivity index (χ1n) is 13.1. The van der Waals surface area contributed by atoms with Crippen LogP contribution in [-0.4, -0.2) is 51.4 Å². The Morgan fingerprint density at radius 2 is 1.68 bits per heavy atom. The molecule has 0 heterocycles. The van der Waals surface area contributed by atoms with E-state index >= 15 is 0 Å². The molecule has 10 heteroatoms. The smallest absolute Gasteiger partial charge is 0.264 e. The number of carbonyl (C=O) groups is 2. The molecular weight excluding hydrogens is 594 g/mol. The summed E-state index contributed by atoms with van der Waals surface area (Å²) in [5.41, 5.74) is 1.08. The minimum atomic E-state index is -4.11. The number of hydrogen-bond donors (Lipinski definition) is 1. The van der Waals surface area contributed by atoms with Crippen molar-refractivity contribution in [2.75, 3.05) is 24.5 Å². The van der Waals surface area contributed by atoms with Crippen molar-refractivity contribution in [3.05, 3.63) is 88.9 Å². The molecule has 0 bridgehead atoms. The lowest BCUT2D eigenvalue weighted by Gasteiger charge is -2.33. The van der Waals surface area contributed by atoms with Crippen molar-refractivity contribution in [1.29, 1.82) is 0 Å². The van der Waals surface area contributed by atoms with E-state index in [-0.39, 0.29) is 23.3 Å². The van der Waals surface area contributed by atoms with Crippen molar-refractivity contribution in [1.82, 2.24) is 10.2 Å². The van der Waals surface area contributed by atoms with Crippen LogP contribution in [0, 0.1) is 5.92 Å². The summed E-state index contributed by atoms with van der Waals surface area (Å²) in [4.78, 5) is 28.9. The van der Waals surface area contributed by atoms with Crippen LogP contribution in [0.25, 0.3) is 0 Å². The second kappa shape index (κ2) is 14.3. The zero-order valence-corrected chi connectivity index (χ0v) is 25.6. The second-order valence-electron chi connectivity index (χ2n) is 9.74. The van der Waals surface area contributed by atoms with Crippen molar-refractivity contribution in [3.8, 4) is 5.75 Å². The summed E-state index contributed by atoms with van der Waals surface area (Å²) in [7, 11) is -2.56. The number of methoxy groups -OCH3 is 1. The van der Waals surface area contributed by atoms with Crippen molar-refractivity contribution >= 4 is 43.5 Å². The molecule has 0 aliphatic heterocycles. The monoisotopic (exact) mass is 629 g/mol. The van der Waals surface area contributed by atoms with Crippen molar-refractivity contribution in [2.24, 2.45) is 5.92 Å². The van der Waals surface area contributed by atoms with Gasteiger partial charge in [0.25, 0.3) is 10.0 Å². The summed E-state index contributed by atoms with van der Waals surface area (Å²) < 4.78 is 34.8. The lowest BCUT2D eigenvalue weighted by molar-refractivity contribution is -0.140. The first-order chi connectivity index (χ1) is 19.1. The van der Waals surface area contributed by atoms with E-state index in [0.717, 1.165) is 9.87 Å². The molecule has 0 aliphatic rings. The minimum absolute atomic E-state index is 0.0591. The highest BCUT2D eigenvalue weighted by molar-refractivity contribution is 9.10. The molecule has 0 radical (unpaired) electrons. The van der Waals surface area contributed by atoms with Gasteiger partial charge in [0.2, 0.25) is 11.8 Å². The Kier molecular flexibility index (Phi) is 11.2. The summed E-state index contributed by atoms with van der Waals surface area (Å²) in [5.74, 6) is 0.0536. The predicted molar refractivity (Wildman–Crippen MR) is 161 cm³/mol. The summed E-state index contributed by atoms with van der Waals surface area (Å²) in [6.45, 7) is 5.88. The molecule has 3 rings (SSSR count). The average molecular weight is 631 g/mol. The number of amides is 2. The molecule has 214 valence electrons. The molecule has 1 atom stereocenters. The van der Waals surface area contributed by atoms with Gasteiger partial charge in [0.1, 0.15) is 18.3 Å². The maximum absolute atomic E-state index is 14.1. The summed E-state index contributed by atoms with van der Waals surface area (Å²) in [5, 5.41) is 2.93. The highest BCUT2D eigenvalue weighted by Gasteiger charge is 2.33. The Morgan fingerprint density at radius 3 is 2.30 bits per heavy atom. The molecule has 3 aromatic rings. The van der Waals surface area contributed by atoms with E-state index in [1.54, 1.807) is 61.7 Å². The fourth-order valence-electron chi connectivity index (χ4n) is 4.19. The van der Waals surface area contributed by atoms with E-state index in [9.17, 15) is 18.0 Å². The zero-order valence-electron chi connectivity index (χ0n) is 23.2. The van der Waals surface area contributed by atoms with Gasteiger partial charge in [-0.25, -0.2) is 8.42 Å². The largest absolute Gasteiger partial charge is 0.497 e. The Bertz CT molecular complexity index is 1400. The van der Waals surface area contributed by atoms with E-state index in [2.05, 4.69) is 21.2 Å². The van der Waals surface area contributed by atoms with Gasteiger partial charge >= 0.3 is 0 Å². The van der Waals surface area contributed by atoms with Crippen LogP contribution in [0.15, 0.2) is 88.2 Å². The molecule has 0 saturated heterocycles. The molecule has 0 spiro atoms. The molecule has 0 saturated carbocycles. The topological polar surface area (TPSA) is 96.0 Å². The van der Waals surface area contributed by atoms with Crippen LogP contribution < -0.4 is 14.4 Å². The van der Waals surface area contributed by atoms with E-state index < -0.39 is 28.5 Å². The molecule has 0 aromatic heterocycles. The van der Waals surface area contributed by atoms with Crippen LogP contribution in [0.5, 0.6) is 5.75 Å². The van der Waals surface area contributed by atoms with Crippen molar-refractivity contribution in [3.63, 3.8) is 0 Å². The molecule has 40 heavy (non-hydrogen) atoms. The maximum Gasteiger partial charge on any atom is 0.264 e. The predicted octanol–water partition coefficient (Wildman–Crippen LogP) is 5.23. The zero-order chi connectivity index (χ0) is 29.3. The number of nitrogens with one attached hydrogen (secondary N) is 1. The second-order valence-corrected chi connectivity index (χ2v) is 12.5. The summed E-state index contributed by atoms with van der Waals surface area (Å²) >= 11 is 3.41. The van der Waals surface area contributed by atoms with Gasteiger partial charge in [-0.05, 0) is 60.4 Å². The van der Waals surface area contributed by atoms with E-state index in [4.69, 9.17) is 4.74 Å². The standard InChI is InChI=1S/C30H36BrN3O5S/c1-5-28(30(36)32-19-22(2)3)33(20-23-11-9-14-26(17-23)39-4)29(35)21-34(25-13-10-12-24(31)18-25)40(37,38)27-15-7-6-8-16-27/h6-18,22,28H,5,19-21H2,1-4H3,(H,32,36)/t28-/m0/s1. The molecule has 3 aromatic carbocycles. The lowest BCUT2D eigenvalue weighted by atomic mass is 10.1. The number of benzene rings is 3. The highest BCUT2D eigenvalue weighted by atomic mass is 79.9. The van der Waals surface area contributed by atoms with Crippen molar-refractivity contribution in [2.45, 2.75) is 44.7 Å². The van der Waals surface area contributed by atoms with Gasteiger partial charge in [0, 0.05) is 17.6 Å². The van der Waals surface area contributed by atoms with E-state index in [1.807, 2.05) is 32.9 Å². The number of hydrogen-bond acceptors (Lipinski definition) is 5. The first kappa shape index (κ1) is 31.2. The normalized spacial score (nSPS) is 12.1. The van der Waals surface area contributed by atoms with Gasteiger partial charge in [0.15, 0.2) is 0 Å². The third kappa shape index (κ3) is 8.08.